The maximum absolute atomic E-state index is 11.8. The number of nitro benzene ring substituents is 1. The first-order valence-electron chi connectivity index (χ1n) is 8.27. The average Bonchev–Trinajstić information content (AvgIpc) is 3.15. The lowest BCUT2D eigenvalue weighted by molar-refractivity contribution is -0.384. The van der Waals surface area contributed by atoms with Crippen molar-refractivity contribution in [3.05, 3.63) is 79.5 Å². The van der Waals surface area contributed by atoms with Gasteiger partial charge < -0.3 is 9.15 Å². The number of amides is 1. The Hall–Kier alpha value is -3.07. The van der Waals surface area contributed by atoms with Crippen LogP contribution in [-0.4, -0.2) is 23.7 Å². The van der Waals surface area contributed by atoms with Crippen LogP contribution in [0.2, 0.25) is 15.1 Å². The van der Waals surface area contributed by atoms with E-state index in [0.29, 0.717) is 27.9 Å². The van der Waals surface area contributed by atoms with Crippen molar-refractivity contribution in [2.75, 3.05) is 6.61 Å². The number of halogens is 3. The van der Waals surface area contributed by atoms with Crippen molar-refractivity contribution in [2.45, 2.75) is 0 Å². The number of carbonyl (C=O) groups is 1. The van der Waals surface area contributed by atoms with Crippen molar-refractivity contribution in [3.8, 4) is 17.1 Å². The summed E-state index contributed by atoms with van der Waals surface area (Å²) in [6.07, 6.45) is 1.29. The van der Waals surface area contributed by atoms with Crippen molar-refractivity contribution in [3.63, 3.8) is 0 Å². The second-order valence-electron chi connectivity index (χ2n) is 5.78. The predicted octanol–water partition coefficient (Wildman–Crippen LogP) is 5.34. The number of hydrogen-bond donors (Lipinski definition) is 1. The highest BCUT2D eigenvalue weighted by atomic mass is 35.5. The molecule has 0 atom stereocenters. The Kier molecular flexibility index (Phi) is 6.94. The largest absolute Gasteiger partial charge is 0.482 e. The fraction of sp³-hybridized carbons (Fsp3) is 0.0526. The summed E-state index contributed by atoms with van der Waals surface area (Å²) in [5.41, 5.74) is 2.65. The lowest BCUT2D eigenvalue weighted by Crippen LogP contribution is -2.24. The molecular weight excluding hydrogens is 457 g/mol. The third kappa shape index (κ3) is 5.50. The van der Waals surface area contributed by atoms with Crippen molar-refractivity contribution >= 4 is 52.6 Å². The first-order chi connectivity index (χ1) is 14.3. The number of hydrazone groups is 1. The van der Waals surface area contributed by atoms with Gasteiger partial charge in [-0.05, 0) is 36.4 Å². The van der Waals surface area contributed by atoms with E-state index in [1.54, 1.807) is 24.3 Å². The van der Waals surface area contributed by atoms with Crippen LogP contribution in [0.1, 0.15) is 5.76 Å². The van der Waals surface area contributed by atoms with Gasteiger partial charge in [-0.15, -0.1) is 0 Å². The Morgan fingerprint density at radius 2 is 1.93 bits per heavy atom. The average molecular weight is 469 g/mol. The van der Waals surface area contributed by atoms with E-state index in [2.05, 4.69) is 10.5 Å². The van der Waals surface area contributed by atoms with E-state index < -0.39 is 10.8 Å². The van der Waals surface area contributed by atoms with Gasteiger partial charge in [0.15, 0.2) is 6.61 Å². The molecule has 1 amide bonds. The van der Waals surface area contributed by atoms with Crippen LogP contribution in [0.3, 0.4) is 0 Å². The Labute approximate surface area is 185 Å². The molecule has 1 aromatic heterocycles. The van der Waals surface area contributed by atoms with Crippen LogP contribution in [0.4, 0.5) is 5.69 Å². The van der Waals surface area contributed by atoms with Crippen LogP contribution in [0.5, 0.6) is 5.75 Å². The van der Waals surface area contributed by atoms with E-state index in [9.17, 15) is 14.9 Å². The first kappa shape index (κ1) is 21.6. The number of carbonyl (C=O) groups excluding carboxylic acids is 1. The van der Waals surface area contributed by atoms with Gasteiger partial charge in [0.1, 0.15) is 17.3 Å². The molecule has 1 heterocycles. The molecule has 0 aliphatic rings. The van der Waals surface area contributed by atoms with E-state index >= 15 is 0 Å². The Balaban J connectivity index is 1.56. The first-order valence-corrected chi connectivity index (χ1v) is 9.41. The quantitative estimate of drug-likeness (QED) is 0.286. The lowest BCUT2D eigenvalue weighted by atomic mass is 10.1. The van der Waals surface area contributed by atoms with E-state index in [1.165, 1.54) is 30.5 Å². The number of nitro groups is 1. The van der Waals surface area contributed by atoms with Gasteiger partial charge in [-0.3, -0.25) is 14.9 Å². The summed E-state index contributed by atoms with van der Waals surface area (Å²) in [4.78, 5) is 22.1. The molecule has 0 saturated carbocycles. The molecule has 3 aromatic rings. The summed E-state index contributed by atoms with van der Waals surface area (Å²) < 4.78 is 10.9. The van der Waals surface area contributed by atoms with Gasteiger partial charge in [0.25, 0.3) is 11.6 Å². The summed E-state index contributed by atoms with van der Waals surface area (Å²) in [5.74, 6) is 0.531. The smallest absolute Gasteiger partial charge is 0.277 e. The molecule has 11 heteroatoms. The molecule has 0 radical (unpaired) electrons. The van der Waals surface area contributed by atoms with Crippen molar-refractivity contribution in [1.29, 1.82) is 0 Å². The van der Waals surface area contributed by atoms with Gasteiger partial charge in [0.2, 0.25) is 0 Å². The number of benzene rings is 2. The third-order valence-electron chi connectivity index (χ3n) is 3.69. The van der Waals surface area contributed by atoms with E-state index in [-0.39, 0.29) is 22.3 Å². The highest BCUT2D eigenvalue weighted by Gasteiger charge is 2.13. The van der Waals surface area contributed by atoms with Gasteiger partial charge in [0.05, 0.1) is 21.2 Å². The Bertz CT molecular complexity index is 1130. The van der Waals surface area contributed by atoms with Gasteiger partial charge in [0, 0.05) is 22.7 Å². The van der Waals surface area contributed by atoms with Crippen LogP contribution in [0.25, 0.3) is 11.3 Å². The minimum absolute atomic E-state index is 0.123. The fourth-order valence-electron chi connectivity index (χ4n) is 2.32. The number of non-ortho nitro benzene ring substituents is 1. The second kappa shape index (κ2) is 9.62. The summed E-state index contributed by atoms with van der Waals surface area (Å²) >= 11 is 17.8. The van der Waals surface area contributed by atoms with Gasteiger partial charge in [-0.2, -0.15) is 5.10 Å². The molecule has 8 nitrogen and oxygen atoms in total. The number of ether oxygens (including phenoxy) is 1. The summed E-state index contributed by atoms with van der Waals surface area (Å²) in [6.45, 7) is -0.305. The molecule has 1 N–H and O–H groups in total. The molecule has 3 rings (SSSR count). The second-order valence-corrected chi connectivity index (χ2v) is 7.03. The number of rotatable bonds is 7. The molecule has 0 fully saturated rings. The van der Waals surface area contributed by atoms with Crippen LogP contribution < -0.4 is 10.2 Å². The highest BCUT2D eigenvalue weighted by Crippen LogP contribution is 2.32. The number of nitrogens with zero attached hydrogens (tertiary/aromatic N) is 2. The number of hydrogen-bond acceptors (Lipinski definition) is 6. The van der Waals surface area contributed by atoms with Crippen LogP contribution in [-0.2, 0) is 4.79 Å². The number of nitrogens with one attached hydrogen (secondary N) is 1. The van der Waals surface area contributed by atoms with Gasteiger partial charge >= 0.3 is 0 Å². The molecular formula is C19H12Cl3N3O5. The molecule has 0 spiro atoms. The minimum Gasteiger partial charge on any atom is -0.482 e. The van der Waals surface area contributed by atoms with E-state index in [0.717, 1.165) is 0 Å². The SMILES string of the molecule is O=C(COc1ccc(Cl)cc1Cl)N/N=C/c1ccc(-c2ccc([N+](=O)[O-])cc2Cl)o1. The minimum atomic E-state index is -0.539. The Morgan fingerprint density at radius 1 is 1.13 bits per heavy atom. The molecule has 0 bridgehead atoms. The molecule has 30 heavy (non-hydrogen) atoms. The molecule has 0 unspecified atom stereocenters. The summed E-state index contributed by atoms with van der Waals surface area (Å²) in [5, 5.41) is 15.5. The summed E-state index contributed by atoms with van der Waals surface area (Å²) in [6, 6.07) is 11.9. The monoisotopic (exact) mass is 467 g/mol. The topological polar surface area (TPSA) is 107 Å². The Morgan fingerprint density at radius 3 is 2.63 bits per heavy atom. The zero-order valence-corrected chi connectivity index (χ0v) is 17.2. The normalized spacial score (nSPS) is 10.9. The van der Waals surface area contributed by atoms with E-state index in [1.807, 2.05) is 0 Å². The lowest BCUT2D eigenvalue weighted by Gasteiger charge is -2.06. The number of furan rings is 1. The predicted molar refractivity (Wildman–Crippen MR) is 114 cm³/mol. The van der Waals surface area contributed by atoms with E-state index in [4.69, 9.17) is 44.0 Å². The van der Waals surface area contributed by atoms with Gasteiger partial charge in [-0.25, -0.2) is 5.43 Å². The molecule has 0 aliphatic heterocycles. The third-order valence-corrected chi connectivity index (χ3v) is 4.53. The summed E-state index contributed by atoms with van der Waals surface area (Å²) in [7, 11) is 0. The van der Waals surface area contributed by atoms with Crippen LogP contribution in [0.15, 0.2) is 58.0 Å². The maximum Gasteiger partial charge on any atom is 0.277 e. The zero-order valence-electron chi connectivity index (χ0n) is 15.0. The molecule has 0 aliphatic carbocycles. The maximum atomic E-state index is 11.8. The molecule has 2 aromatic carbocycles. The standard InChI is InChI=1S/C19H12Cl3N3O5/c20-11-1-5-18(16(22)7-11)29-10-19(26)24-23-9-13-3-6-17(30-13)14-4-2-12(25(27)28)8-15(14)21/h1-9H,10H2,(H,24,26)/b23-9+. The van der Waals surface area contributed by atoms with Crippen molar-refractivity contribution < 1.29 is 18.9 Å². The van der Waals surface area contributed by atoms with Crippen molar-refractivity contribution in [1.82, 2.24) is 5.43 Å². The fourth-order valence-corrected chi connectivity index (χ4v) is 3.05. The van der Waals surface area contributed by atoms with Gasteiger partial charge in [-0.1, -0.05) is 34.8 Å². The van der Waals surface area contributed by atoms with Crippen LogP contribution >= 0.6 is 34.8 Å². The zero-order chi connectivity index (χ0) is 21.7. The molecule has 0 saturated heterocycles. The van der Waals surface area contributed by atoms with Crippen molar-refractivity contribution in [2.24, 2.45) is 5.10 Å². The highest BCUT2D eigenvalue weighted by molar-refractivity contribution is 6.35. The van der Waals surface area contributed by atoms with Crippen LogP contribution in [0, 0.1) is 10.1 Å². The molecule has 154 valence electrons.